The monoisotopic (exact) mass is 1440 g/mol. The predicted molar refractivity (Wildman–Crippen MR) is 388 cm³/mol. The van der Waals surface area contributed by atoms with Crippen molar-refractivity contribution in [2.24, 2.45) is 0 Å². The summed E-state index contributed by atoms with van der Waals surface area (Å²) < 4.78 is 111. The largest absolute Gasteiger partial charge is 0.573 e. The molecule has 1 fully saturated rings. The Balaban J connectivity index is 0.000000179. The van der Waals surface area contributed by atoms with Crippen molar-refractivity contribution in [2.75, 3.05) is 75.1 Å². The molecule has 0 atom stereocenters. The van der Waals surface area contributed by atoms with Crippen molar-refractivity contribution in [1.82, 2.24) is 75.5 Å². The van der Waals surface area contributed by atoms with Gasteiger partial charge in [0.25, 0.3) is 0 Å². The Morgan fingerprint density at radius 2 is 0.824 bits per heavy atom. The number of methoxy groups -OCH3 is 1. The van der Waals surface area contributed by atoms with Crippen LogP contribution in [-0.2, 0) is 38.9 Å². The number of nitrogens with zero attached hydrogens (tertiary/aromatic N) is 10. The average molecular weight is 1440 g/mol. The van der Waals surface area contributed by atoms with Crippen molar-refractivity contribution in [3.8, 4) is 67.4 Å². The van der Waals surface area contributed by atoms with Crippen molar-refractivity contribution in [3.63, 3.8) is 0 Å². The van der Waals surface area contributed by atoms with Crippen LogP contribution in [0, 0.1) is 11.6 Å². The standard InChI is InChI=1S/C17H23N3.C15H18F3N3O.C15H18F3N3.C15H20FN3O.C14H17ClFN3/c1-3-10-20(2)12-17-16(11-18-19-17)15-8-6-14(7-9-15)13-4-5-13;1-3-8-21(2)10-14-13(9-19-20-14)11-4-6-12(7-5-11)22-15(16,17)18;1-3-8-21(2)10-14-13(9-19-20-14)11-4-6-12(7-5-11)15(16,17)18;1-4-7-19(2)10-11-9-17-18-15(11)13-6-5-12(20-3)8-14(13)16;1-3-6-19(2)9-10-8-17-18-14(10)12-7-11(16)4-5-13(12)15/h6-9,11,13H,3-5,10,12H2,1-2H3,(H,18,19);4-7,9H,3,8,10H2,1-2H3,(H,19,20);4-7,9H,3,8,10H2,1-2H3,(H,19,20);5-6,8-9H,4,7,10H2,1-3H3,(H,17,18);4-5,7-8H,3,6,9H2,1-2H3,(H,17,18). The molecule has 5 N–H and O–H groups in total. The van der Waals surface area contributed by atoms with Crippen LogP contribution in [-0.4, -0.2) is 157 Å². The van der Waals surface area contributed by atoms with E-state index in [-0.39, 0.29) is 17.4 Å². The van der Waals surface area contributed by atoms with Crippen LogP contribution in [0.4, 0.5) is 35.1 Å². The number of hydrogen-bond acceptors (Lipinski definition) is 12. The van der Waals surface area contributed by atoms with Crippen LogP contribution >= 0.6 is 11.6 Å². The van der Waals surface area contributed by atoms with Gasteiger partial charge in [-0.2, -0.15) is 38.7 Å². The molecule has 0 saturated heterocycles. The van der Waals surface area contributed by atoms with E-state index in [2.05, 4.69) is 146 Å². The SMILES string of the molecule is CCCN(C)Cc1[nH]ncc1-c1ccc(C(F)(F)F)cc1.CCCN(C)Cc1[nH]ncc1-c1ccc(C2CC2)cc1.CCCN(C)Cc1[nH]ncc1-c1ccc(OC(F)(F)F)cc1.CCCN(C)Cc1cn[nH]c1-c1cc(F)ccc1Cl.CCCN(C)Cc1cn[nH]c1-c1ccc(OC)cc1F. The van der Waals surface area contributed by atoms with E-state index in [9.17, 15) is 35.1 Å². The van der Waals surface area contributed by atoms with Crippen molar-refractivity contribution in [1.29, 1.82) is 0 Å². The number of aromatic amines is 5. The van der Waals surface area contributed by atoms with E-state index in [1.807, 2.05) is 34.4 Å². The highest BCUT2D eigenvalue weighted by Crippen LogP contribution is 2.41. The maximum absolute atomic E-state index is 14.1. The Morgan fingerprint density at radius 1 is 0.441 bits per heavy atom. The molecule has 0 aliphatic heterocycles. The van der Waals surface area contributed by atoms with Crippen molar-refractivity contribution < 1.29 is 44.6 Å². The van der Waals surface area contributed by atoms with Gasteiger partial charge in [0, 0.05) is 77.7 Å². The topological polar surface area (TPSA) is 178 Å². The lowest BCUT2D eigenvalue weighted by Gasteiger charge is -2.15. The minimum Gasteiger partial charge on any atom is -0.497 e. The minimum atomic E-state index is -4.68. The smallest absolute Gasteiger partial charge is 0.497 e. The van der Waals surface area contributed by atoms with Crippen molar-refractivity contribution in [2.45, 2.75) is 131 Å². The summed E-state index contributed by atoms with van der Waals surface area (Å²) in [7, 11) is 11.8. The third-order valence-corrected chi connectivity index (χ3v) is 16.9. The molecule has 17 nitrogen and oxygen atoms in total. The second kappa shape index (κ2) is 39.6. The zero-order chi connectivity index (χ0) is 73.9. The number of aromatic nitrogens is 10. The van der Waals surface area contributed by atoms with Gasteiger partial charge in [-0.3, -0.25) is 25.5 Å². The van der Waals surface area contributed by atoms with Crippen LogP contribution in [0.1, 0.15) is 125 Å². The second-order valence-corrected chi connectivity index (χ2v) is 25.9. The Bertz CT molecular complexity index is 4050. The van der Waals surface area contributed by atoms with E-state index >= 15 is 0 Å². The van der Waals surface area contributed by atoms with E-state index < -0.39 is 18.1 Å². The van der Waals surface area contributed by atoms with E-state index in [1.54, 1.807) is 55.1 Å². The van der Waals surface area contributed by atoms with Crippen molar-refractivity contribution in [3.05, 3.63) is 196 Å². The molecule has 1 aliphatic carbocycles. The molecule has 26 heteroatoms. The van der Waals surface area contributed by atoms with E-state index in [1.165, 1.54) is 91.2 Å². The van der Waals surface area contributed by atoms with Gasteiger partial charge < -0.3 is 34.0 Å². The van der Waals surface area contributed by atoms with Gasteiger partial charge in [0.1, 0.15) is 23.1 Å². The summed E-state index contributed by atoms with van der Waals surface area (Å²) in [5.41, 5.74) is 14.3. The predicted octanol–water partition coefficient (Wildman–Crippen LogP) is 18.3. The fourth-order valence-corrected chi connectivity index (χ4v) is 11.8. The van der Waals surface area contributed by atoms with E-state index in [0.29, 0.717) is 35.0 Å². The zero-order valence-electron chi connectivity index (χ0n) is 60.1. The molecule has 0 bridgehead atoms. The lowest BCUT2D eigenvalue weighted by atomic mass is 10.0. The molecule has 1 saturated carbocycles. The van der Waals surface area contributed by atoms with Gasteiger partial charge >= 0.3 is 12.5 Å². The number of benzene rings is 5. The first-order valence-electron chi connectivity index (χ1n) is 34.3. The molecular weight excluding hydrogens is 1340 g/mol. The normalized spacial score (nSPS) is 12.2. The molecule has 0 amide bonds. The number of alkyl halides is 6. The third kappa shape index (κ3) is 25.1. The van der Waals surface area contributed by atoms with Crippen molar-refractivity contribution >= 4 is 11.6 Å². The minimum absolute atomic E-state index is 0.232. The number of H-pyrrole nitrogens is 5. The van der Waals surface area contributed by atoms with Crippen LogP contribution in [0.5, 0.6) is 11.5 Å². The van der Waals surface area contributed by atoms with Gasteiger partial charge in [-0.05, 0) is 196 Å². The summed E-state index contributed by atoms with van der Waals surface area (Å²) in [5, 5.41) is 35.7. The van der Waals surface area contributed by atoms with Gasteiger partial charge in [0.05, 0.1) is 77.1 Å². The van der Waals surface area contributed by atoms with Crippen LogP contribution < -0.4 is 9.47 Å². The maximum Gasteiger partial charge on any atom is 0.573 e. The van der Waals surface area contributed by atoms with Crippen LogP contribution in [0.2, 0.25) is 5.02 Å². The zero-order valence-corrected chi connectivity index (χ0v) is 60.8. The fourth-order valence-electron chi connectivity index (χ4n) is 11.6. The summed E-state index contributed by atoms with van der Waals surface area (Å²) in [6.45, 7) is 19.5. The maximum atomic E-state index is 14.1. The summed E-state index contributed by atoms with van der Waals surface area (Å²) in [4.78, 5) is 11.0. The second-order valence-electron chi connectivity index (χ2n) is 25.5. The van der Waals surface area contributed by atoms with Gasteiger partial charge in [-0.1, -0.05) is 94.8 Å². The Hall–Kier alpha value is -8.72. The van der Waals surface area contributed by atoms with E-state index in [0.717, 1.165) is 152 Å². The first-order valence-corrected chi connectivity index (χ1v) is 34.7. The summed E-state index contributed by atoms with van der Waals surface area (Å²) >= 11 is 6.13. The molecule has 5 aromatic heterocycles. The Morgan fingerprint density at radius 3 is 1.21 bits per heavy atom. The molecular formula is C76H96ClF8N15O2. The number of rotatable bonds is 28. The molecule has 1 aliphatic rings. The molecule has 11 rings (SSSR count). The summed E-state index contributed by atoms with van der Waals surface area (Å²) in [6.07, 6.45) is 7.97. The molecule has 5 heterocycles. The van der Waals surface area contributed by atoms with E-state index in [4.69, 9.17) is 16.3 Å². The van der Waals surface area contributed by atoms with Gasteiger partial charge in [0.2, 0.25) is 0 Å². The molecule has 0 radical (unpaired) electrons. The molecule has 5 aromatic carbocycles. The summed E-state index contributed by atoms with van der Waals surface area (Å²) in [6, 6.07) is 29.2. The Kier molecular flexibility index (Phi) is 31.3. The number of halogens is 9. The van der Waals surface area contributed by atoms with Crippen LogP contribution in [0.25, 0.3) is 55.9 Å². The number of ether oxygens (including phenoxy) is 2. The van der Waals surface area contributed by atoms with Crippen LogP contribution in [0.15, 0.2) is 140 Å². The first kappa shape index (κ1) is 80.6. The summed E-state index contributed by atoms with van der Waals surface area (Å²) in [5.74, 6) is 0.484. The quantitative estimate of drug-likeness (QED) is 0.0294. The molecule has 0 unspecified atom stereocenters. The van der Waals surface area contributed by atoms with Gasteiger partial charge in [0.15, 0.2) is 0 Å². The Labute approximate surface area is 598 Å². The molecule has 102 heavy (non-hydrogen) atoms. The molecule has 0 spiro atoms. The number of nitrogens with one attached hydrogen (secondary N) is 5. The lowest BCUT2D eigenvalue weighted by Crippen LogP contribution is -2.19. The molecule has 550 valence electrons. The van der Waals surface area contributed by atoms with Crippen LogP contribution in [0.3, 0.4) is 0 Å². The van der Waals surface area contributed by atoms with Gasteiger partial charge in [-0.15, -0.1) is 13.2 Å². The highest BCUT2D eigenvalue weighted by atomic mass is 35.5. The molecule has 10 aromatic rings. The highest BCUT2D eigenvalue weighted by Gasteiger charge is 2.32. The lowest BCUT2D eigenvalue weighted by molar-refractivity contribution is -0.274. The van der Waals surface area contributed by atoms with Gasteiger partial charge in [-0.25, -0.2) is 8.78 Å². The number of hydrogen-bond donors (Lipinski definition) is 5. The first-order chi connectivity index (χ1) is 48.8. The third-order valence-electron chi connectivity index (χ3n) is 16.6. The average Bonchev–Trinajstić information content (AvgIpc) is 1.65. The highest BCUT2D eigenvalue weighted by molar-refractivity contribution is 6.33. The fraction of sp³-hybridized carbons (Fsp3) is 0.408.